The molecule has 4 nitrogen and oxygen atoms in total. The molecule has 7 aromatic carbocycles. The molecular weight excluding hydrogens is 785 g/mol. The summed E-state index contributed by atoms with van der Waals surface area (Å²) < 4.78 is 4.95. The highest BCUT2D eigenvalue weighted by atomic mass is 32.1. The Balaban J connectivity index is 0.00000144. The fourth-order valence-electron chi connectivity index (χ4n) is 9.49. The average Bonchev–Trinajstić information content (AvgIpc) is 3.99. The third-order valence-electron chi connectivity index (χ3n) is 12.2. The van der Waals surface area contributed by atoms with Crippen molar-refractivity contribution in [2.75, 3.05) is 0 Å². The molecule has 63 heavy (non-hydrogen) atoms. The van der Waals surface area contributed by atoms with Crippen LogP contribution in [0.2, 0.25) is 0 Å². The van der Waals surface area contributed by atoms with Crippen LogP contribution in [0.4, 0.5) is 0 Å². The maximum absolute atomic E-state index is 4.95. The van der Waals surface area contributed by atoms with Crippen molar-refractivity contribution in [3.05, 3.63) is 206 Å². The molecule has 0 amide bonds. The molecule has 300 valence electrons. The smallest absolute Gasteiger partial charge is 0.164 e. The Labute approximate surface area is 370 Å². The van der Waals surface area contributed by atoms with Gasteiger partial charge >= 0.3 is 0 Å². The van der Waals surface area contributed by atoms with Gasteiger partial charge in [-0.05, 0) is 125 Å². The van der Waals surface area contributed by atoms with Crippen LogP contribution in [0, 0.1) is 0 Å². The number of thiophene rings is 1. The normalized spacial score (nSPS) is 12.8. The minimum atomic E-state index is 0.622. The Morgan fingerprint density at radius 3 is 1.83 bits per heavy atom. The maximum Gasteiger partial charge on any atom is 0.164 e. The molecule has 2 aliphatic rings. The molecule has 0 atom stereocenters. The second kappa shape index (κ2) is 15.6. The summed E-state index contributed by atoms with van der Waals surface area (Å²) in [6.45, 7) is 13.8. The van der Waals surface area contributed by atoms with E-state index in [1.807, 2.05) is 91.1 Å². The number of nitrogens with zero attached hydrogens (tertiary/aromatic N) is 4. The average molecular weight is 827 g/mol. The van der Waals surface area contributed by atoms with Crippen LogP contribution in [0.15, 0.2) is 184 Å². The van der Waals surface area contributed by atoms with Crippen molar-refractivity contribution in [2.24, 2.45) is 0 Å². The van der Waals surface area contributed by atoms with Gasteiger partial charge in [-0.1, -0.05) is 128 Å². The van der Waals surface area contributed by atoms with E-state index in [0.717, 1.165) is 57.4 Å². The van der Waals surface area contributed by atoms with E-state index in [4.69, 9.17) is 15.0 Å². The van der Waals surface area contributed by atoms with E-state index in [1.165, 1.54) is 64.3 Å². The topological polar surface area (TPSA) is 43.6 Å². The van der Waals surface area contributed by atoms with Gasteiger partial charge in [-0.2, -0.15) is 0 Å². The van der Waals surface area contributed by atoms with Gasteiger partial charge in [-0.3, -0.25) is 0 Å². The number of aromatic nitrogens is 4. The van der Waals surface area contributed by atoms with Gasteiger partial charge in [-0.15, -0.1) is 17.9 Å². The lowest BCUT2D eigenvalue weighted by molar-refractivity contribution is 1.06. The first-order valence-corrected chi connectivity index (χ1v) is 22.2. The number of allylic oxidation sites excluding steroid dienone is 5. The molecule has 12 rings (SSSR count). The van der Waals surface area contributed by atoms with Crippen molar-refractivity contribution in [1.82, 2.24) is 19.5 Å². The fraction of sp³-hybridized carbons (Fsp3) is 0.0517. The van der Waals surface area contributed by atoms with E-state index >= 15 is 0 Å². The molecule has 0 saturated carbocycles. The summed E-state index contributed by atoms with van der Waals surface area (Å²) in [7, 11) is 0. The van der Waals surface area contributed by atoms with Crippen molar-refractivity contribution < 1.29 is 0 Å². The lowest BCUT2D eigenvalue weighted by atomic mass is 9.94. The molecule has 0 spiro atoms. The van der Waals surface area contributed by atoms with Crippen LogP contribution in [-0.4, -0.2) is 19.5 Å². The van der Waals surface area contributed by atoms with Crippen LogP contribution in [0.3, 0.4) is 0 Å². The van der Waals surface area contributed by atoms with Gasteiger partial charge in [-0.25, -0.2) is 15.0 Å². The quantitative estimate of drug-likeness (QED) is 0.150. The Bertz CT molecular complexity index is 3490. The van der Waals surface area contributed by atoms with E-state index in [-0.39, 0.29) is 0 Å². The van der Waals surface area contributed by atoms with Crippen LogP contribution in [0.1, 0.15) is 42.1 Å². The van der Waals surface area contributed by atoms with Gasteiger partial charge in [0.25, 0.3) is 0 Å². The minimum absolute atomic E-state index is 0.622. The minimum Gasteiger partial charge on any atom is -0.309 e. The van der Waals surface area contributed by atoms with Gasteiger partial charge in [0.05, 0.1) is 11.2 Å². The van der Waals surface area contributed by atoms with Crippen LogP contribution in [0.25, 0.3) is 116 Å². The van der Waals surface area contributed by atoms with E-state index in [9.17, 15) is 0 Å². The molecule has 0 N–H and O–H groups in total. The summed E-state index contributed by atoms with van der Waals surface area (Å²) in [6.07, 6.45) is 12.5. The monoisotopic (exact) mass is 826 g/mol. The van der Waals surface area contributed by atoms with Gasteiger partial charge < -0.3 is 4.57 Å². The molecule has 0 bridgehead atoms. The number of rotatable bonds is 7. The summed E-state index contributed by atoms with van der Waals surface area (Å²) in [5.74, 6) is 1.90. The summed E-state index contributed by atoms with van der Waals surface area (Å²) in [5.41, 5.74) is 15.0. The predicted molar refractivity (Wildman–Crippen MR) is 270 cm³/mol. The van der Waals surface area contributed by atoms with E-state index in [1.54, 1.807) is 6.08 Å². The maximum atomic E-state index is 4.95. The number of hydrogen-bond donors (Lipinski definition) is 0. The van der Waals surface area contributed by atoms with E-state index in [2.05, 4.69) is 121 Å². The Morgan fingerprint density at radius 1 is 0.556 bits per heavy atom. The first kappa shape index (κ1) is 38.2. The molecule has 0 unspecified atom stereocenters. The zero-order chi connectivity index (χ0) is 42.6. The molecule has 0 fully saturated rings. The molecule has 10 aromatic rings. The highest BCUT2D eigenvalue weighted by Crippen LogP contribution is 2.51. The molecule has 0 radical (unpaired) electrons. The van der Waals surface area contributed by atoms with Crippen LogP contribution >= 0.6 is 11.3 Å². The first-order valence-electron chi connectivity index (χ1n) is 21.4. The van der Waals surface area contributed by atoms with Crippen molar-refractivity contribution >= 4 is 76.5 Å². The third-order valence-corrected chi connectivity index (χ3v) is 13.4. The second-order valence-corrected chi connectivity index (χ2v) is 17.0. The third kappa shape index (κ3) is 6.31. The van der Waals surface area contributed by atoms with Crippen LogP contribution in [-0.2, 0) is 0 Å². The van der Waals surface area contributed by atoms with Crippen molar-refractivity contribution in [1.29, 1.82) is 0 Å². The van der Waals surface area contributed by atoms with E-state index < -0.39 is 0 Å². The van der Waals surface area contributed by atoms with E-state index in [0.29, 0.717) is 17.5 Å². The summed E-state index contributed by atoms with van der Waals surface area (Å²) >= 11 is 1.91. The predicted octanol–water partition coefficient (Wildman–Crippen LogP) is 16.1. The summed E-state index contributed by atoms with van der Waals surface area (Å²) in [4.78, 5) is 14.8. The Morgan fingerprint density at radius 2 is 1.17 bits per heavy atom. The second-order valence-electron chi connectivity index (χ2n) is 15.9. The molecule has 3 aromatic heterocycles. The van der Waals surface area contributed by atoms with Gasteiger partial charge in [0.2, 0.25) is 0 Å². The lowest BCUT2D eigenvalue weighted by Gasteiger charge is -2.12. The fourth-order valence-corrected chi connectivity index (χ4v) is 10.6. The highest BCUT2D eigenvalue weighted by Gasteiger charge is 2.26. The van der Waals surface area contributed by atoms with Gasteiger partial charge in [0, 0.05) is 53.5 Å². The molecule has 5 heteroatoms. The first-order chi connectivity index (χ1) is 31.1. The zero-order valence-electron chi connectivity index (χ0n) is 35.0. The van der Waals surface area contributed by atoms with Crippen molar-refractivity contribution in [2.45, 2.75) is 19.8 Å². The van der Waals surface area contributed by atoms with Crippen molar-refractivity contribution in [3.8, 4) is 51.0 Å². The standard InChI is InChI=1S/C55H36N4S.C3H6/c1-3-39-44-30-36(37-25-29-49-46(31-37)52-43-21-13-20-42-40-18-11-12-19-41(40)45(51(42)43)32-50(52)60-49)24-28-48(44)59(47(39)4-2)38-26-22-35(23-27-38)55-57-53(33-14-7-5-8-15-33)56-54(58-55)34-16-9-6-10-17-34;1-3-2/h3-11,13-18,20-32H,1-2,12,19H2;3H,1H2,2H3. The largest absolute Gasteiger partial charge is 0.309 e. The zero-order valence-corrected chi connectivity index (χ0v) is 35.8. The molecule has 2 aliphatic carbocycles. The Kier molecular flexibility index (Phi) is 9.48. The number of hydrogen-bond acceptors (Lipinski definition) is 4. The highest BCUT2D eigenvalue weighted by molar-refractivity contribution is 7.26. The van der Waals surface area contributed by atoms with Crippen LogP contribution in [0.5, 0.6) is 0 Å². The lowest BCUT2D eigenvalue weighted by Crippen LogP contribution is -2.01. The van der Waals surface area contributed by atoms with Gasteiger partial charge in [0.1, 0.15) is 0 Å². The molecular formula is C58H42N4S. The summed E-state index contributed by atoms with van der Waals surface area (Å²) in [6, 6.07) is 51.7. The van der Waals surface area contributed by atoms with Crippen molar-refractivity contribution in [3.63, 3.8) is 0 Å². The number of benzene rings is 7. The van der Waals surface area contributed by atoms with Crippen LogP contribution < -0.4 is 0 Å². The number of fused-ring (bicyclic) bond motifs is 7. The molecule has 3 heterocycles. The molecule has 0 saturated heterocycles. The van der Waals surface area contributed by atoms with Gasteiger partial charge in [0.15, 0.2) is 17.5 Å². The summed E-state index contributed by atoms with van der Waals surface area (Å²) in [5, 5.41) is 6.58. The Hall–Kier alpha value is -7.73. The SMILES string of the molecule is C=CC.C=Cc1c(C=C)n(-c2ccc(-c3nc(-c4ccccc4)nc(-c4ccccc4)n3)cc2)c2ccc(-c3ccc4sc5cc6c7c(cccc7c5c4c3)C3=C6CCC=C3)cc12. The molecule has 0 aliphatic heterocycles.